The summed E-state index contributed by atoms with van der Waals surface area (Å²) in [6.07, 6.45) is 7.65. The highest BCUT2D eigenvalue weighted by molar-refractivity contribution is 6.32. The van der Waals surface area contributed by atoms with Gasteiger partial charge in [-0.1, -0.05) is 83.4 Å². The molecule has 0 unspecified atom stereocenters. The molecule has 1 heterocycles. The Labute approximate surface area is 229 Å². The molecule has 2 aliphatic rings. The summed E-state index contributed by atoms with van der Waals surface area (Å²) in [5.74, 6) is 1.69. The van der Waals surface area contributed by atoms with Gasteiger partial charge >= 0.3 is 0 Å². The van der Waals surface area contributed by atoms with Crippen LogP contribution in [0, 0.1) is 19.8 Å². The van der Waals surface area contributed by atoms with Gasteiger partial charge in [-0.3, -0.25) is 4.99 Å². The third-order valence-corrected chi connectivity index (χ3v) is 7.81. The summed E-state index contributed by atoms with van der Waals surface area (Å²) >= 11 is 6.53. The van der Waals surface area contributed by atoms with Crippen molar-refractivity contribution in [2.75, 3.05) is 5.32 Å². The molecule has 1 aliphatic carbocycles. The molecule has 0 saturated heterocycles. The standard InChI is InChI=1S/C34H31ClN2O/c1-22-16-23(2)18-25(17-22)21-38-33-15-10-24(19-31(33)35)20-36-27-13-11-26(12-14-27)34-30-8-5-7-28(30)29-6-3-4-9-32(29)37-34/h3-7,9-20,28,30,34,37H,8,21H2,1-2H3/t28-,30-,34+/m1/s1. The van der Waals surface area contributed by atoms with Crippen molar-refractivity contribution in [3.63, 3.8) is 0 Å². The van der Waals surface area contributed by atoms with E-state index in [0.29, 0.717) is 29.2 Å². The lowest BCUT2D eigenvalue weighted by molar-refractivity contribution is 0.306. The third-order valence-electron chi connectivity index (χ3n) is 7.52. The number of benzene rings is 4. The van der Waals surface area contributed by atoms with Gasteiger partial charge in [-0.15, -0.1) is 0 Å². The zero-order valence-corrected chi connectivity index (χ0v) is 22.5. The van der Waals surface area contributed by atoms with Crippen molar-refractivity contribution < 1.29 is 4.74 Å². The first-order valence-electron chi connectivity index (χ1n) is 13.2. The second kappa shape index (κ2) is 10.5. The second-order valence-corrected chi connectivity index (χ2v) is 10.8. The minimum atomic E-state index is 0.290. The average molecular weight is 519 g/mol. The lowest BCUT2D eigenvalue weighted by Gasteiger charge is -2.37. The lowest BCUT2D eigenvalue weighted by atomic mass is 9.77. The van der Waals surface area contributed by atoms with Crippen molar-refractivity contribution in [2.24, 2.45) is 10.9 Å². The fourth-order valence-corrected chi connectivity index (χ4v) is 6.06. The van der Waals surface area contributed by atoms with Crippen LogP contribution in [0.25, 0.3) is 0 Å². The molecule has 1 aliphatic heterocycles. The molecule has 4 heteroatoms. The largest absolute Gasteiger partial charge is 0.487 e. The summed E-state index contributed by atoms with van der Waals surface area (Å²) in [4.78, 5) is 4.69. The number of rotatable bonds is 6. The maximum absolute atomic E-state index is 6.53. The predicted molar refractivity (Wildman–Crippen MR) is 158 cm³/mol. The number of nitrogens with zero attached hydrogens (tertiary/aromatic N) is 1. The van der Waals surface area contributed by atoms with E-state index < -0.39 is 0 Å². The molecule has 4 aromatic rings. The third kappa shape index (κ3) is 5.12. The number of aliphatic imine (C=N–C) groups is 1. The Balaban J connectivity index is 1.12. The minimum absolute atomic E-state index is 0.290. The van der Waals surface area contributed by atoms with Gasteiger partial charge in [0.1, 0.15) is 12.4 Å². The number of fused-ring (bicyclic) bond motifs is 3. The van der Waals surface area contributed by atoms with E-state index in [-0.39, 0.29) is 6.04 Å². The molecular formula is C34H31ClN2O. The lowest BCUT2D eigenvalue weighted by Crippen LogP contribution is -2.28. The molecule has 4 aromatic carbocycles. The Morgan fingerprint density at radius 1 is 0.947 bits per heavy atom. The Hall–Kier alpha value is -3.82. The smallest absolute Gasteiger partial charge is 0.138 e. The number of hydrogen-bond donors (Lipinski definition) is 1. The summed E-state index contributed by atoms with van der Waals surface area (Å²) in [5, 5.41) is 4.38. The van der Waals surface area contributed by atoms with Gasteiger partial charge in [0.15, 0.2) is 0 Å². The highest BCUT2D eigenvalue weighted by Crippen LogP contribution is 2.49. The van der Waals surface area contributed by atoms with Gasteiger partial charge in [-0.05, 0) is 84.8 Å². The fraction of sp³-hybridized carbons (Fsp3) is 0.206. The quantitative estimate of drug-likeness (QED) is 0.204. The second-order valence-electron chi connectivity index (χ2n) is 10.4. The maximum Gasteiger partial charge on any atom is 0.138 e. The molecular weight excluding hydrogens is 488 g/mol. The number of ether oxygens (including phenoxy) is 1. The van der Waals surface area contributed by atoms with Gasteiger partial charge in [0, 0.05) is 17.8 Å². The molecule has 6 rings (SSSR count). The fourth-order valence-electron chi connectivity index (χ4n) is 5.82. The molecule has 0 radical (unpaired) electrons. The molecule has 0 bridgehead atoms. The van der Waals surface area contributed by atoms with E-state index in [1.807, 2.05) is 24.4 Å². The summed E-state index contributed by atoms with van der Waals surface area (Å²) < 4.78 is 5.99. The van der Waals surface area contributed by atoms with Crippen LogP contribution in [-0.4, -0.2) is 6.21 Å². The number of nitrogens with one attached hydrogen (secondary N) is 1. The molecule has 0 spiro atoms. The number of allylic oxidation sites excluding steroid dienone is 2. The van der Waals surface area contributed by atoms with E-state index in [0.717, 1.165) is 23.2 Å². The highest BCUT2D eigenvalue weighted by atomic mass is 35.5. The Kier molecular flexibility index (Phi) is 6.78. The zero-order chi connectivity index (χ0) is 26.1. The SMILES string of the molecule is Cc1cc(C)cc(COc2ccc(C=Nc3ccc([C@@H]4Nc5ccccc5[C@H]5C=CC[C@H]54)cc3)cc2Cl)c1. The van der Waals surface area contributed by atoms with Crippen LogP contribution in [0.4, 0.5) is 11.4 Å². The Morgan fingerprint density at radius 2 is 1.74 bits per heavy atom. The Morgan fingerprint density at radius 3 is 2.53 bits per heavy atom. The predicted octanol–water partition coefficient (Wildman–Crippen LogP) is 9.11. The van der Waals surface area contributed by atoms with E-state index in [9.17, 15) is 0 Å². The van der Waals surface area contributed by atoms with Gasteiger partial charge in [-0.25, -0.2) is 0 Å². The number of halogens is 1. The van der Waals surface area contributed by atoms with Gasteiger partial charge in [0.25, 0.3) is 0 Å². The first-order valence-corrected chi connectivity index (χ1v) is 13.6. The summed E-state index contributed by atoms with van der Waals surface area (Å²) in [7, 11) is 0. The molecule has 0 aromatic heterocycles. The van der Waals surface area contributed by atoms with E-state index in [2.05, 4.69) is 98.0 Å². The van der Waals surface area contributed by atoms with Gasteiger partial charge in [0.05, 0.1) is 16.8 Å². The van der Waals surface area contributed by atoms with Crippen LogP contribution in [0.3, 0.4) is 0 Å². The van der Waals surface area contributed by atoms with Crippen molar-refractivity contribution in [2.45, 2.75) is 38.8 Å². The summed E-state index contributed by atoms with van der Waals surface area (Å²) in [6.45, 7) is 4.68. The van der Waals surface area contributed by atoms with Crippen LogP contribution in [0.1, 0.15) is 51.8 Å². The molecule has 0 saturated carbocycles. The molecule has 0 amide bonds. The van der Waals surface area contributed by atoms with Crippen LogP contribution < -0.4 is 10.1 Å². The molecule has 0 fully saturated rings. The molecule has 1 N–H and O–H groups in total. The first kappa shape index (κ1) is 24.5. The van der Waals surface area contributed by atoms with Crippen LogP contribution in [0.5, 0.6) is 5.75 Å². The van der Waals surface area contributed by atoms with Crippen LogP contribution in [0.2, 0.25) is 5.02 Å². The number of para-hydroxylation sites is 1. The van der Waals surface area contributed by atoms with Gasteiger partial charge < -0.3 is 10.1 Å². The molecule has 3 atom stereocenters. The maximum atomic E-state index is 6.53. The van der Waals surface area contributed by atoms with Crippen LogP contribution >= 0.6 is 11.6 Å². The molecule has 38 heavy (non-hydrogen) atoms. The molecule has 3 nitrogen and oxygen atoms in total. The van der Waals surface area contributed by atoms with Crippen LogP contribution in [-0.2, 0) is 6.61 Å². The number of anilines is 1. The number of hydrogen-bond acceptors (Lipinski definition) is 3. The van der Waals surface area contributed by atoms with E-state index in [1.54, 1.807) is 0 Å². The van der Waals surface area contributed by atoms with Crippen LogP contribution in [0.15, 0.2) is 102 Å². The van der Waals surface area contributed by atoms with Gasteiger partial charge in [-0.2, -0.15) is 0 Å². The van der Waals surface area contributed by atoms with Crippen molar-refractivity contribution >= 4 is 29.2 Å². The van der Waals surface area contributed by atoms with Crippen molar-refractivity contribution in [1.82, 2.24) is 0 Å². The zero-order valence-electron chi connectivity index (χ0n) is 21.7. The monoisotopic (exact) mass is 518 g/mol. The average Bonchev–Trinajstić information content (AvgIpc) is 3.41. The van der Waals surface area contributed by atoms with Crippen molar-refractivity contribution in [3.05, 3.63) is 135 Å². The highest BCUT2D eigenvalue weighted by Gasteiger charge is 2.37. The minimum Gasteiger partial charge on any atom is -0.487 e. The number of aryl methyl sites for hydroxylation is 2. The van der Waals surface area contributed by atoms with E-state index in [4.69, 9.17) is 21.3 Å². The summed E-state index contributed by atoms with van der Waals surface area (Å²) in [5.41, 5.74) is 9.39. The van der Waals surface area contributed by atoms with Crippen molar-refractivity contribution in [3.8, 4) is 5.75 Å². The van der Waals surface area contributed by atoms with Crippen molar-refractivity contribution in [1.29, 1.82) is 0 Å². The van der Waals surface area contributed by atoms with Gasteiger partial charge in [0.2, 0.25) is 0 Å². The topological polar surface area (TPSA) is 33.6 Å². The Bertz CT molecular complexity index is 1500. The summed E-state index contributed by atoms with van der Waals surface area (Å²) in [6, 6.07) is 29.8. The normalized spacial score (nSPS) is 19.7. The van der Waals surface area contributed by atoms with E-state index >= 15 is 0 Å². The first-order chi connectivity index (χ1) is 18.5. The molecule has 190 valence electrons. The van der Waals surface area contributed by atoms with E-state index in [1.165, 1.54) is 27.9 Å².